The molecule has 1 aromatic carbocycles. The number of halogens is 1. The van der Waals surface area contributed by atoms with Crippen molar-refractivity contribution in [2.24, 2.45) is 0 Å². The Bertz CT molecular complexity index is 679. The Morgan fingerprint density at radius 2 is 1.79 bits per heavy atom. The van der Waals surface area contributed by atoms with Crippen LogP contribution in [0.4, 0.5) is 0 Å². The second-order valence-electron chi connectivity index (χ2n) is 4.26. The van der Waals surface area contributed by atoms with Crippen LogP contribution in [0.3, 0.4) is 0 Å². The zero-order valence-corrected chi connectivity index (χ0v) is 12.4. The van der Waals surface area contributed by atoms with Crippen molar-refractivity contribution < 1.29 is 4.74 Å². The van der Waals surface area contributed by atoms with Gasteiger partial charge in [-0.25, -0.2) is 4.98 Å². The quantitative estimate of drug-likeness (QED) is 0.661. The minimum absolute atomic E-state index is 0.568. The molecule has 0 fully saturated rings. The normalized spacial score (nSPS) is 11.0. The van der Waals surface area contributed by atoms with Crippen molar-refractivity contribution in [2.45, 2.75) is 13.2 Å². The molecule has 0 aliphatic rings. The number of aromatic nitrogens is 2. The van der Waals surface area contributed by atoms with Gasteiger partial charge < -0.3 is 9.14 Å². The van der Waals surface area contributed by atoms with Gasteiger partial charge in [-0.05, 0) is 40.3 Å². The van der Waals surface area contributed by atoms with Gasteiger partial charge in [0, 0.05) is 6.20 Å². The summed E-state index contributed by atoms with van der Waals surface area (Å²) in [6, 6.07) is 16.2. The van der Waals surface area contributed by atoms with Crippen molar-refractivity contribution in [3.8, 4) is 0 Å². The molecule has 0 spiro atoms. The largest absolute Gasteiger partial charge is 0.370 e. The van der Waals surface area contributed by atoms with E-state index in [9.17, 15) is 0 Å². The molecule has 0 aliphatic heterocycles. The molecule has 3 nitrogen and oxygen atoms in total. The minimum Gasteiger partial charge on any atom is -0.370 e. The topological polar surface area (TPSA) is 26.5 Å². The number of imidazole rings is 1. The standard InChI is InChI=1S/C15H13IN2O/c16-15-13(18-9-5-4-8-14(18)17-15)11-19-10-12-6-2-1-3-7-12/h1-9H,10-11H2. The van der Waals surface area contributed by atoms with Crippen molar-refractivity contribution in [3.63, 3.8) is 0 Å². The van der Waals surface area contributed by atoms with E-state index in [4.69, 9.17) is 4.74 Å². The Kier molecular flexibility index (Phi) is 3.79. The smallest absolute Gasteiger partial charge is 0.138 e. The van der Waals surface area contributed by atoms with Gasteiger partial charge in [-0.15, -0.1) is 0 Å². The van der Waals surface area contributed by atoms with Crippen LogP contribution < -0.4 is 0 Å². The molecule has 19 heavy (non-hydrogen) atoms. The maximum Gasteiger partial charge on any atom is 0.138 e. The zero-order valence-electron chi connectivity index (χ0n) is 10.3. The number of ether oxygens (including phenoxy) is 1. The first-order valence-electron chi connectivity index (χ1n) is 6.08. The highest BCUT2D eigenvalue weighted by Gasteiger charge is 2.09. The molecule has 3 rings (SSSR count). The van der Waals surface area contributed by atoms with Gasteiger partial charge in [-0.2, -0.15) is 0 Å². The van der Waals surface area contributed by atoms with E-state index in [1.165, 1.54) is 5.56 Å². The molecule has 0 unspecified atom stereocenters. The van der Waals surface area contributed by atoms with E-state index in [1.807, 2.05) is 42.6 Å². The Hall–Kier alpha value is -1.40. The number of pyridine rings is 1. The van der Waals surface area contributed by atoms with Gasteiger partial charge in [-0.3, -0.25) is 0 Å². The number of nitrogens with zero attached hydrogens (tertiary/aromatic N) is 2. The third-order valence-electron chi connectivity index (χ3n) is 2.93. The summed E-state index contributed by atoms with van der Waals surface area (Å²) < 4.78 is 8.86. The summed E-state index contributed by atoms with van der Waals surface area (Å²) in [5.41, 5.74) is 3.25. The SMILES string of the molecule is Ic1nc2ccccn2c1COCc1ccccc1. The number of hydrogen-bond acceptors (Lipinski definition) is 2. The molecule has 2 heterocycles. The fourth-order valence-electron chi connectivity index (χ4n) is 1.99. The molecule has 0 saturated carbocycles. The van der Waals surface area contributed by atoms with Gasteiger partial charge in [0.15, 0.2) is 0 Å². The van der Waals surface area contributed by atoms with E-state index in [2.05, 4.69) is 44.1 Å². The number of benzene rings is 1. The molecule has 0 radical (unpaired) electrons. The molecule has 0 N–H and O–H groups in total. The Labute approximate surface area is 125 Å². The third-order valence-corrected chi connectivity index (χ3v) is 3.79. The van der Waals surface area contributed by atoms with Crippen LogP contribution in [0.25, 0.3) is 5.65 Å². The van der Waals surface area contributed by atoms with Crippen LogP contribution >= 0.6 is 22.6 Å². The lowest BCUT2D eigenvalue weighted by Gasteiger charge is -2.05. The lowest BCUT2D eigenvalue weighted by Crippen LogP contribution is -1.99. The van der Waals surface area contributed by atoms with Crippen LogP contribution in [-0.4, -0.2) is 9.38 Å². The minimum atomic E-state index is 0.568. The van der Waals surface area contributed by atoms with E-state index in [0.29, 0.717) is 13.2 Å². The highest BCUT2D eigenvalue weighted by molar-refractivity contribution is 14.1. The molecule has 0 amide bonds. The van der Waals surface area contributed by atoms with Crippen molar-refractivity contribution >= 4 is 28.2 Å². The first kappa shape index (κ1) is 12.6. The summed E-state index contributed by atoms with van der Waals surface area (Å²) in [4.78, 5) is 4.51. The molecular weight excluding hydrogens is 351 g/mol. The van der Waals surface area contributed by atoms with Gasteiger partial charge in [-0.1, -0.05) is 36.4 Å². The third kappa shape index (κ3) is 2.79. The summed E-state index contributed by atoms with van der Waals surface area (Å²) in [7, 11) is 0. The monoisotopic (exact) mass is 364 g/mol. The first-order valence-corrected chi connectivity index (χ1v) is 7.15. The van der Waals surface area contributed by atoms with Crippen molar-refractivity contribution in [3.05, 3.63) is 69.7 Å². The van der Waals surface area contributed by atoms with Crippen LogP contribution in [0.15, 0.2) is 54.7 Å². The van der Waals surface area contributed by atoms with E-state index < -0.39 is 0 Å². The van der Waals surface area contributed by atoms with E-state index in [-0.39, 0.29) is 0 Å². The molecule has 0 saturated heterocycles. The zero-order chi connectivity index (χ0) is 13.1. The van der Waals surface area contributed by atoms with Gasteiger partial charge in [0.05, 0.1) is 18.9 Å². The molecule has 96 valence electrons. The van der Waals surface area contributed by atoms with Gasteiger partial charge >= 0.3 is 0 Å². The van der Waals surface area contributed by atoms with Crippen LogP contribution in [0.1, 0.15) is 11.3 Å². The summed E-state index contributed by atoms with van der Waals surface area (Å²) >= 11 is 2.26. The van der Waals surface area contributed by atoms with Crippen LogP contribution in [0.2, 0.25) is 0 Å². The Morgan fingerprint density at radius 3 is 2.63 bits per heavy atom. The molecular formula is C15H13IN2O. The highest BCUT2D eigenvalue weighted by atomic mass is 127. The maximum atomic E-state index is 5.79. The lowest BCUT2D eigenvalue weighted by atomic mass is 10.2. The van der Waals surface area contributed by atoms with Gasteiger partial charge in [0.25, 0.3) is 0 Å². The average Bonchev–Trinajstić information content (AvgIpc) is 2.76. The van der Waals surface area contributed by atoms with Crippen LogP contribution in [0, 0.1) is 3.70 Å². The van der Waals surface area contributed by atoms with Gasteiger partial charge in [0.2, 0.25) is 0 Å². The van der Waals surface area contributed by atoms with E-state index >= 15 is 0 Å². The molecule has 4 heteroatoms. The molecule has 2 aromatic heterocycles. The second kappa shape index (κ2) is 5.71. The first-order chi connectivity index (χ1) is 9.34. The predicted molar refractivity (Wildman–Crippen MR) is 82.8 cm³/mol. The number of hydrogen-bond donors (Lipinski definition) is 0. The summed E-state index contributed by atoms with van der Waals surface area (Å²) in [5, 5.41) is 0. The number of rotatable bonds is 4. The summed E-state index contributed by atoms with van der Waals surface area (Å²) in [6.45, 7) is 1.19. The van der Waals surface area contributed by atoms with Gasteiger partial charge in [0.1, 0.15) is 9.35 Å². The number of fused-ring (bicyclic) bond motifs is 1. The van der Waals surface area contributed by atoms with E-state index in [0.717, 1.165) is 15.0 Å². The van der Waals surface area contributed by atoms with Crippen molar-refractivity contribution in [1.82, 2.24) is 9.38 Å². The van der Waals surface area contributed by atoms with Crippen LogP contribution in [0.5, 0.6) is 0 Å². The Morgan fingerprint density at radius 1 is 1.00 bits per heavy atom. The molecule has 0 aliphatic carbocycles. The molecule has 0 bridgehead atoms. The van der Waals surface area contributed by atoms with Crippen LogP contribution in [-0.2, 0) is 18.0 Å². The fraction of sp³-hybridized carbons (Fsp3) is 0.133. The maximum absolute atomic E-state index is 5.79. The van der Waals surface area contributed by atoms with Crippen molar-refractivity contribution in [1.29, 1.82) is 0 Å². The molecule has 3 aromatic rings. The molecule has 0 atom stereocenters. The second-order valence-corrected chi connectivity index (χ2v) is 5.28. The highest BCUT2D eigenvalue weighted by Crippen LogP contribution is 2.16. The fourth-order valence-corrected chi connectivity index (χ4v) is 2.65. The predicted octanol–water partition coefficient (Wildman–Crippen LogP) is 3.66. The van der Waals surface area contributed by atoms with Crippen molar-refractivity contribution in [2.75, 3.05) is 0 Å². The summed E-state index contributed by atoms with van der Waals surface area (Å²) in [5.74, 6) is 0. The average molecular weight is 364 g/mol. The Balaban J connectivity index is 1.73. The summed E-state index contributed by atoms with van der Waals surface area (Å²) in [6.07, 6.45) is 2.02. The lowest BCUT2D eigenvalue weighted by molar-refractivity contribution is 0.103. The van der Waals surface area contributed by atoms with E-state index in [1.54, 1.807) is 0 Å².